The highest BCUT2D eigenvalue weighted by Gasteiger charge is 2.26. The standard InChI is InChI=1S/C18H24ClN5O/c19-15-7-4-8-24-17(15)20-21-18(24)23-11-9-22(10-12-23)16(25)13-14-5-2-1-3-6-14/h4,7-8,14H,1-3,5-6,9-13H2. The molecule has 2 aromatic rings. The van der Waals surface area contributed by atoms with Gasteiger partial charge in [-0.1, -0.05) is 30.9 Å². The molecule has 0 spiro atoms. The number of hydrogen-bond donors (Lipinski definition) is 0. The monoisotopic (exact) mass is 361 g/mol. The summed E-state index contributed by atoms with van der Waals surface area (Å²) >= 11 is 6.17. The Morgan fingerprint density at radius 1 is 1.12 bits per heavy atom. The lowest BCUT2D eigenvalue weighted by Gasteiger charge is -2.35. The maximum atomic E-state index is 12.6. The quantitative estimate of drug-likeness (QED) is 0.843. The Kier molecular flexibility index (Phi) is 4.79. The fourth-order valence-corrected chi connectivity index (χ4v) is 4.21. The zero-order chi connectivity index (χ0) is 17.2. The van der Waals surface area contributed by atoms with E-state index < -0.39 is 0 Å². The molecule has 3 heterocycles. The van der Waals surface area contributed by atoms with E-state index in [1.54, 1.807) is 0 Å². The SMILES string of the molecule is O=C(CC1CCCCC1)N1CCN(c2nnc3c(Cl)cccn23)CC1. The summed E-state index contributed by atoms with van der Waals surface area (Å²) in [5, 5.41) is 9.08. The molecule has 0 atom stereocenters. The zero-order valence-electron chi connectivity index (χ0n) is 14.4. The van der Waals surface area contributed by atoms with Crippen molar-refractivity contribution in [3.63, 3.8) is 0 Å². The van der Waals surface area contributed by atoms with Crippen molar-refractivity contribution in [2.75, 3.05) is 31.1 Å². The van der Waals surface area contributed by atoms with Crippen LogP contribution in [0.3, 0.4) is 0 Å². The molecule has 25 heavy (non-hydrogen) atoms. The fraction of sp³-hybridized carbons (Fsp3) is 0.611. The number of aromatic nitrogens is 3. The molecule has 134 valence electrons. The normalized spacial score (nSPS) is 19.6. The van der Waals surface area contributed by atoms with Gasteiger partial charge in [0.2, 0.25) is 11.9 Å². The van der Waals surface area contributed by atoms with E-state index in [9.17, 15) is 4.79 Å². The van der Waals surface area contributed by atoms with Gasteiger partial charge in [0, 0.05) is 38.8 Å². The van der Waals surface area contributed by atoms with Crippen LogP contribution in [0.4, 0.5) is 5.95 Å². The summed E-state index contributed by atoms with van der Waals surface area (Å²) in [4.78, 5) is 16.8. The van der Waals surface area contributed by atoms with E-state index in [1.165, 1.54) is 32.1 Å². The summed E-state index contributed by atoms with van der Waals surface area (Å²) in [5.41, 5.74) is 0.676. The van der Waals surface area contributed by atoms with E-state index in [1.807, 2.05) is 27.6 Å². The van der Waals surface area contributed by atoms with Crippen LogP contribution in [0.25, 0.3) is 5.65 Å². The molecular weight excluding hydrogens is 338 g/mol. The Morgan fingerprint density at radius 2 is 1.88 bits per heavy atom. The lowest BCUT2D eigenvalue weighted by Crippen LogP contribution is -2.49. The van der Waals surface area contributed by atoms with Gasteiger partial charge in [-0.15, -0.1) is 10.2 Å². The van der Waals surface area contributed by atoms with E-state index in [-0.39, 0.29) is 0 Å². The lowest BCUT2D eigenvalue weighted by molar-refractivity contribution is -0.132. The van der Waals surface area contributed by atoms with Gasteiger partial charge in [-0.05, 0) is 30.9 Å². The summed E-state index contributed by atoms with van der Waals surface area (Å²) in [6.07, 6.45) is 9.00. The maximum absolute atomic E-state index is 12.6. The van der Waals surface area contributed by atoms with Crippen molar-refractivity contribution >= 4 is 29.1 Å². The molecule has 0 aromatic carbocycles. The van der Waals surface area contributed by atoms with Crippen LogP contribution in [-0.4, -0.2) is 51.6 Å². The molecule has 2 aromatic heterocycles. The number of halogens is 1. The average Bonchev–Trinajstić information content (AvgIpc) is 3.08. The van der Waals surface area contributed by atoms with Crippen LogP contribution in [-0.2, 0) is 4.79 Å². The molecule has 1 amide bonds. The molecule has 2 fully saturated rings. The van der Waals surface area contributed by atoms with E-state index in [0.29, 0.717) is 22.5 Å². The predicted molar refractivity (Wildman–Crippen MR) is 98.0 cm³/mol. The lowest BCUT2D eigenvalue weighted by atomic mass is 9.86. The van der Waals surface area contributed by atoms with Crippen LogP contribution in [0.5, 0.6) is 0 Å². The van der Waals surface area contributed by atoms with E-state index in [2.05, 4.69) is 15.1 Å². The van der Waals surface area contributed by atoms with Crippen LogP contribution < -0.4 is 4.90 Å². The third-order valence-electron chi connectivity index (χ3n) is 5.47. The van der Waals surface area contributed by atoms with Crippen molar-refractivity contribution in [2.24, 2.45) is 5.92 Å². The van der Waals surface area contributed by atoms with Crippen molar-refractivity contribution in [1.29, 1.82) is 0 Å². The number of pyridine rings is 1. The number of hydrogen-bond acceptors (Lipinski definition) is 4. The van der Waals surface area contributed by atoms with Crippen LogP contribution in [0.15, 0.2) is 18.3 Å². The minimum absolute atomic E-state index is 0.320. The van der Waals surface area contributed by atoms with Crippen LogP contribution in [0.2, 0.25) is 5.02 Å². The number of carbonyl (C=O) groups excluding carboxylic acids is 1. The zero-order valence-corrected chi connectivity index (χ0v) is 15.2. The summed E-state index contributed by atoms with van der Waals surface area (Å²) in [6.45, 7) is 3.06. The van der Waals surface area contributed by atoms with Gasteiger partial charge >= 0.3 is 0 Å². The summed E-state index contributed by atoms with van der Waals surface area (Å²) in [6, 6.07) is 3.71. The second-order valence-corrected chi connectivity index (χ2v) is 7.53. The number of nitrogens with zero attached hydrogens (tertiary/aromatic N) is 5. The molecule has 0 radical (unpaired) electrons. The topological polar surface area (TPSA) is 53.7 Å². The number of fused-ring (bicyclic) bond motifs is 1. The first-order valence-corrected chi connectivity index (χ1v) is 9.62. The van der Waals surface area contributed by atoms with E-state index in [0.717, 1.165) is 38.5 Å². The molecule has 0 N–H and O–H groups in total. The highest BCUT2D eigenvalue weighted by molar-refractivity contribution is 6.33. The second kappa shape index (κ2) is 7.20. The summed E-state index contributed by atoms with van der Waals surface area (Å²) in [7, 11) is 0. The Morgan fingerprint density at radius 3 is 2.64 bits per heavy atom. The molecular formula is C18H24ClN5O. The molecule has 1 aliphatic carbocycles. The van der Waals surface area contributed by atoms with Crippen LogP contribution >= 0.6 is 11.6 Å². The number of carbonyl (C=O) groups is 1. The smallest absolute Gasteiger partial charge is 0.231 e. The molecule has 2 aliphatic rings. The van der Waals surface area contributed by atoms with Crippen molar-refractivity contribution in [2.45, 2.75) is 38.5 Å². The summed E-state index contributed by atoms with van der Waals surface area (Å²) < 4.78 is 1.92. The van der Waals surface area contributed by atoms with Crippen LogP contribution in [0.1, 0.15) is 38.5 Å². The predicted octanol–water partition coefficient (Wildman–Crippen LogP) is 3.00. The molecule has 6 nitrogen and oxygen atoms in total. The molecule has 0 bridgehead atoms. The molecule has 1 aliphatic heterocycles. The number of piperazine rings is 1. The third-order valence-corrected chi connectivity index (χ3v) is 5.77. The van der Waals surface area contributed by atoms with Crippen molar-refractivity contribution in [3.05, 3.63) is 23.4 Å². The van der Waals surface area contributed by atoms with Gasteiger partial charge in [0.15, 0.2) is 5.65 Å². The molecule has 1 saturated heterocycles. The first-order chi connectivity index (χ1) is 12.2. The van der Waals surface area contributed by atoms with Gasteiger partial charge < -0.3 is 9.80 Å². The Labute approximate surface area is 152 Å². The van der Waals surface area contributed by atoms with E-state index >= 15 is 0 Å². The fourth-order valence-electron chi connectivity index (χ4n) is 4.01. The Balaban J connectivity index is 1.37. The van der Waals surface area contributed by atoms with Crippen molar-refractivity contribution in [3.8, 4) is 0 Å². The average molecular weight is 362 g/mol. The first-order valence-electron chi connectivity index (χ1n) is 9.24. The van der Waals surface area contributed by atoms with Gasteiger partial charge in [-0.3, -0.25) is 9.20 Å². The molecule has 4 rings (SSSR count). The second-order valence-electron chi connectivity index (χ2n) is 7.13. The molecule has 7 heteroatoms. The molecule has 0 unspecified atom stereocenters. The number of amides is 1. The first kappa shape index (κ1) is 16.6. The highest BCUT2D eigenvalue weighted by Crippen LogP contribution is 2.27. The Hall–Kier alpha value is -1.82. The number of anilines is 1. The van der Waals surface area contributed by atoms with Crippen LogP contribution in [0, 0.1) is 5.92 Å². The van der Waals surface area contributed by atoms with Gasteiger partial charge in [-0.25, -0.2) is 0 Å². The van der Waals surface area contributed by atoms with E-state index in [4.69, 9.17) is 11.6 Å². The van der Waals surface area contributed by atoms with Gasteiger partial charge in [0.1, 0.15) is 0 Å². The van der Waals surface area contributed by atoms with Crippen molar-refractivity contribution < 1.29 is 4.79 Å². The number of rotatable bonds is 3. The summed E-state index contributed by atoms with van der Waals surface area (Å²) in [5.74, 6) is 1.72. The largest absolute Gasteiger partial charge is 0.339 e. The minimum Gasteiger partial charge on any atom is -0.339 e. The maximum Gasteiger partial charge on any atom is 0.231 e. The highest BCUT2D eigenvalue weighted by atomic mass is 35.5. The van der Waals surface area contributed by atoms with Crippen molar-refractivity contribution in [1.82, 2.24) is 19.5 Å². The molecule has 1 saturated carbocycles. The minimum atomic E-state index is 0.320. The van der Waals surface area contributed by atoms with Gasteiger partial charge in [0.25, 0.3) is 0 Å². The Bertz CT molecular complexity index is 747. The van der Waals surface area contributed by atoms with Gasteiger partial charge in [-0.2, -0.15) is 0 Å². The third kappa shape index (κ3) is 3.45. The van der Waals surface area contributed by atoms with Gasteiger partial charge in [0.05, 0.1) is 5.02 Å².